The maximum Gasteiger partial charge on any atom is 0.247 e. The molecule has 6 nitrogen and oxygen atoms in total. The Morgan fingerprint density at radius 1 is 1.07 bits per heavy atom. The summed E-state index contributed by atoms with van der Waals surface area (Å²) >= 11 is 0. The van der Waals surface area contributed by atoms with Gasteiger partial charge in [0.05, 0.1) is 19.5 Å². The van der Waals surface area contributed by atoms with Crippen LogP contribution in [0.4, 0.5) is 0 Å². The SMILES string of the molecule is COc1ccc(C2C(c3ccc(O)cc3)=CC(=O)N2CCCn2ccnc2)cc1. The van der Waals surface area contributed by atoms with E-state index in [1.807, 2.05) is 52.1 Å². The molecule has 1 aliphatic heterocycles. The number of phenols is 1. The molecule has 4 rings (SSSR count). The Bertz CT molecular complexity index is 993. The lowest BCUT2D eigenvalue weighted by Crippen LogP contribution is -2.31. The van der Waals surface area contributed by atoms with Crippen molar-refractivity contribution in [1.82, 2.24) is 14.5 Å². The van der Waals surface area contributed by atoms with Gasteiger partial charge in [-0.25, -0.2) is 4.98 Å². The number of phenolic OH excluding ortho intramolecular Hbond substituents is 1. The summed E-state index contributed by atoms with van der Waals surface area (Å²) in [5, 5.41) is 9.63. The minimum atomic E-state index is -0.180. The van der Waals surface area contributed by atoms with Crippen LogP contribution in [0.3, 0.4) is 0 Å². The average molecular weight is 389 g/mol. The fourth-order valence-electron chi connectivity index (χ4n) is 3.71. The maximum atomic E-state index is 12.9. The molecule has 0 radical (unpaired) electrons. The van der Waals surface area contributed by atoms with Gasteiger partial charge in [-0.2, -0.15) is 0 Å². The lowest BCUT2D eigenvalue weighted by molar-refractivity contribution is -0.126. The topological polar surface area (TPSA) is 67.6 Å². The summed E-state index contributed by atoms with van der Waals surface area (Å²) in [5.41, 5.74) is 2.88. The second-order valence-corrected chi connectivity index (χ2v) is 7.01. The monoisotopic (exact) mass is 389 g/mol. The van der Waals surface area contributed by atoms with Gasteiger partial charge < -0.3 is 19.3 Å². The number of carbonyl (C=O) groups excluding carboxylic acids is 1. The molecule has 3 aromatic rings. The second-order valence-electron chi connectivity index (χ2n) is 7.01. The molecule has 0 aliphatic carbocycles. The van der Waals surface area contributed by atoms with Crippen molar-refractivity contribution in [2.45, 2.75) is 19.0 Å². The molecule has 0 saturated heterocycles. The highest BCUT2D eigenvalue weighted by Crippen LogP contribution is 2.40. The van der Waals surface area contributed by atoms with Crippen molar-refractivity contribution in [3.05, 3.63) is 84.5 Å². The van der Waals surface area contributed by atoms with E-state index in [1.165, 1.54) is 0 Å². The second kappa shape index (κ2) is 8.22. The normalized spacial score (nSPS) is 16.2. The number of hydrogen-bond acceptors (Lipinski definition) is 4. The van der Waals surface area contributed by atoms with Crippen LogP contribution in [0.5, 0.6) is 11.5 Å². The zero-order valence-corrected chi connectivity index (χ0v) is 16.2. The fraction of sp³-hybridized carbons (Fsp3) is 0.217. The van der Waals surface area contributed by atoms with E-state index in [1.54, 1.807) is 37.8 Å². The third-order valence-electron chi connectivity index (χ3n) is 5.18. The minimum absolute atomic E-state index is 0.000441. The molecule has 1 amide bonds. The molecule has 1 N–H and O–H groups in total. The van der Waals surface area contributed by atoms with Crippen molar-refractivity contribution < 1.29 is 14.6 Å². The van der Waals surface area contributed by atoms with Gasteiger partial charge in [0.25, 0.3) is 0 Å². The van der Waals surface area contributed by atoms with Crippen LogP contribution >= 0.6 is 0 Å². The van der Waals surface area contributed by atoms with E-state index in [0.29, 0.717) is 6.54 Å². The van der Waals surface area contributed by atoms with Crippen LogP contribution in [0, 0.1) is 0 Å². The van der Waals surface area contributed by atoms with Crippen molar-refractivity contribution >= 4 is 11.5 Å². The Hall–Kier alpha value is -3.54. The molecule has 1 atom stereocenters. The summed E-state index contributed by atoms with van der Waals surface area (Å²) in [6.45, 7) is 1.43. The van der Waals surface area contributed by atoms with Crippen molar-refractivity contribution in [1.29, 1.82) is 0 Å². The van der Waals surface area contributed by atoms with Gasteiger partial charge in [0, 0.05) is 31.6 Å². The molecule has 0 bridgehead atoms. The Morgan fingerprint density at radius 2 is 1.83 bits per heavy atom. The van der Waals surface area contributed by atoms with Gasteiger partial charge in [0.2, 0.25) is 5.91 Å². The van der Waals surface area contributed by atoms with Crippen LogP contribution in [0.1, 0.15) is 23.6 Å². The first kappa shape index (κ1) is 18.8. The van der Waals surface area contributed by atoms with Crippen LogP contribution < -0.4 is 4.74 Å². The summed E-state index contributed by atoms with van der Waals surface area (Å²) in [6, 6.07) is 14.6. The molecule has 148 valence electrons. The third-order valence-corrected chi connectivity index (χ3v) is 5.18. The van der Waals surface area contributed by atoms with E-state index < -0.39 is 0 Å². The molecule has 1 unspecified atom stereocenters. The number of hydrogen-bond donors (Lipinski definition) is 1. The Morgan fingerprint density at radius 3 is 2.48 bits per heavy atom. The van der Waals surface area contributed by atoms with Crippen molar-refractivity contribution in [3.8, 4) is 11.5 Å². The van der Waals surface area contributed by atoms with E-state index in [-0.39, 0.29) is 17.7 Å². The summed E-state index contributed by atoms with van der Waals surface area (Å²) in [4.78, 5) is 18.8. The van der Waals surface area contributed by atoms with Crippen LogP contribution in [-0.4, -0.2) is 39.1 Å². The molecular weight excluding hydrogens is 366 g/mol. The van der Waals surface area contributed by atoms with Gasteiger partial charge in [-0.15, -0.1) is 0 Å². The number of aryl methyl sites for hydroxylation is 1. The Kier molecular flexibility index (Phi) is 5.33. The van der Waals surface area contributed by atoms with Crippen molar-refractivity contribution in [2.24, 2.45) is 0 Å². The number of aromatic nitrogens is 2. The number of aromatic hydroxyl groups is 1. The quantitative estimate of drug-likeness (QED) is 0.670. The third kappa shape index (κ3) is 4.01. The maximum absolute atomic E-state index is 12.9. The standard InChI is InChI=1S/C23H23N3O3/c1-29-20-9-5-18(6-10-20)23-21(17-3-7-19(27)8-4-17)15-22(28)26(23)13-2-12-25-14-11-24-16-25/h3-11,14-16,23,27H,2,12-13H2,1H3. The van der Waals surface area contributed by atoms with E-state index in [9.17, 15) is 9.90 Å². The zero-order valence-electron chi connectivity index (χ0n) is 16.2. The van der Waals surface area contributed by atoms with Gasteiger partial charge in [-0.1, -0.05) is 24.3 Å². The predicted molar refractivity (Wildman–Crippen MR) is 110 cm³/mol. The number of nitrogens with zero attached hydrogens (tertiary/aromatic N) is 3. The van der Waals surface area contributed by atoms with Crippen molar-refractivity contribution in [2.75, 3.05) is 13.7 Å². The van der Waals surface area contributed by atoms with Gasteiger partial charge in [0.1, 0.15) is 11.5 Å². The highest BCUT2D eigenvalue weighted by Gasteiger charge is 2.34. The molecule has 2 aromatic carbocycles. The number of methoxy groups -OCH3 is 1. The summed E-state index contributed by atoms with van der Waals surface area (Å²) in [7, 11) is 1.64. The Balaban J connectivity index is 1.62. The lowest BCUT2D eigenvalue weighted by Gasteiger charge is -2.28. The van der Waals surface area contributed by atoms with Gasteiger partial charge in [0.15, 0.2) is 0 Å². The fourth-order valence-corrected chi connectivity index (χ4v) is 3.71. The highest BCUT2D eigenvalue weighted by atomic mass is 16.5. The average Bonchev–Trinajstić information content (AvgIpc) is 3.37. The van der Waals surface area contributed by atoms with Crippen LogP contribution in [-0.2, 0) is 11.3 Å². The van der Waals surface area contributed by atoms with Crippen LogP contribution in [0.15, 0.2) is 73.3 Å². The first-order valence-electron chi connectivity index (χ1n) is 9.57. The molecule has 6 heteroatoms. The number of rotatable bonds is 7. The Labute approximate surface area is 169 Å². The number of amides is 1. The van der Waals surface area contributed by atoms with E-state index in [4.69, 9.17) is 4.74 Å². The van der Waals surface area contributed by atoms with Gasteiger partial charge in [-0.05, 0) is 47.4 Å². The molecule has 1 aliphatic rings. The first-order chi connectivity index (χ1) is 14.2. The molecule has 1 aromatic heterocycles. The predicted octanol–water partition coefficient (Wildman–Crippen LogP) is 3.65. The molecule has 29 heavy (non-hydrogen) atoms. The first-order valence-corrected chi connectivity index (χ1v) is 9.57. The lowest BCUT2D eigenvalue weighted by atomic mass is 9.94. The number of imidazole rings is 1. The van der Waals surface area contributed by atoms with Gasteiger partial charge >= 0.3 is 0 Å². The largest absolute Gasteiger partial charge is 0.508 e. The summed E-state index contributed by atoms with van der Waals surface area (Å²) < 4.78 is 7.29. The number of benzene rings is 2. The van der Waals surface area contributed by atoms with Crippen molar-refractivity contribution in [3.63, 3.8) is 0 Å². The molecule has 0 fully saturated rings. The molecule has 2 heterocycles. The summed E-state index contributed by atoms with van der Waals surface area (Å²) in [6.07, 6.45) is 8.00. The minimum Gasteiger partial charge on any atom is -0.508 e. The molecular formula is C23H23N3O3. The van der Waals surface area contributed by atoms with Crippen LogP contribution in [0.2, 0.25) is 0 Å². The van der Waals surface area contributed by atoms with Crippen LogP contribution in [0.25, 0.3) is 5.57 Å². The molecule has 0 saturated carbocycles. The smallest absolute Gasteiger partial charge is 0.247 e. The number of ether oxygens (including phenoxy) is 1. The number of carbonyl (C=O) groups is 1. The van der Waals surface area contributed by atoms with E-state index in [2.05, 4.69) is 4.98 Å². The van der Waals surface area contributed by atoms with Gasteiger partial charge in [-0.3, -0.25) is 4.79 Å². The van der Waals surface area contributed by atoms with E-state index >= 15 is 0 Å². The molecule has 0 spiro atoms. The summed E-state index contributed by atoms with van der Waals surface area (Å²) in [5.74, 6) is 0.983. The highest BCUT2D eigenvalue weighted by molar-refractivity contribution is 6.02. The zero-order chi connectivity index (χ0) is 20.2. The van der Waals surface area contributed by atoms with E-state index in [0.717, 1.165) is 35.4 Å².